The quantitative estimate of drug-likeness (QED) is 0.708. The van der Waals surface area contributed by atoms with Crippen LogP contribution in [-0.2, 0) is 4.79 Å². The van der Waals surface area contributed by atoms with Crippen LogP contribution in [0.1, 0.15) is 31.2 Å². The Labute approximate surface area is 164 Å². The monoisotopic (exact) mass is 379 g/mol. The van der Waals surface area contributed by atoms with Gasteiger partial charge < -0.3 is 19.4 Å². The molecule has 1 fully saturated rings. The Hall–Kier alpha value is -3.02. The Kier molecular flexibility index (Phi) is 5.46. The van der Waals surface area contributed by atoms with E-state index in [9.17, 15) is 4.79 Å². The van der Waals surface area contributed by atoms with E-state index in [0.29, 0.717) is 24.0 Å². The van der Waals surface area contributed by atoms with Gasteiger partial charge in [-0.1, -0.05) is 12.1 Å². The molecule has 146 valence electrons. The van der Waals surface area contributed by atoms with Gasteiger partial charge in [-0.25, -0.2) is 0 Å². The molecule has 3 aromatic rings. The van der Waals surface area contributed by atoms with Crippen molar-refractivity contribution in [1.29, 1.82) is 0 Å². The molecule has 1 N–H and O–H groups in total. The molecule has 0 radical (unpaired) electrons. The molecule has 3 heterocycles. The summed E-state index contributed by atoms with van der Waals surface area (Å²) in [4.78, 5) is 22.3. The highest BCUT2D eigenvalue weighted by atomic mass is 16.5. The SMILES string of the molecule is CCOc1ccccc1OCC(=O)N1CCC(c2c[nH]c3cccnc23)CC1. The number of aromatic amines is 1. The Bertz CT molecular complexity index is 945. The summed E-state index contributed by atoms with van der Waals surface area (Å²) in [6, 6.07) is 11.4. The van der Waals surface area contributed by atoms with Crippen LogP contribution in [0.2, 0.25) is 0 Å². The molecule has 2 aromatic heterocycles. The predicted octanol–water partition coefficient (Wildman–Crippen LogP) is 3.75. The zero-order valence-electron chi connectivity index (χ0n) is 16.1. The van der Waals surface area contributed by atoms with Crippen molar-refractivity contribution in [3.05, 3.63) is 54.4 Å². The molecule has 1 aliphatic heterocycles. The molecule has 0 aliphatic carbocycles. The molecule has 6 nitrogen and oxygen atoms in total. The Morgan fingerprint density at radius 2 is 1.89 bits per heavy atom. The number of likely N-dealkylation sites (tertiary alicyclic amines) is 1. The lowest BCUT2D eigenvalue weighted by Crippen LogP contribution is -2.40. The number of aromatic nitrogens is 2. The number of ether oxygens (including phenoxy) is 2. The van der Waals surface area contributed by atoms with Crippen molar-refractivity contribution >= 4 is 16.9 Å². The molecule has 0 unspecified atom stereocenters. The third-order valence-electron chi connectivity index (χ3n) is 5.25. The van der Waals surface area contributed by atoms with Crippen molar-refractivity contribution in [2.75, 3.05) is 26.3 Å². The third-order valence-corrected chi connectivity index (χ3v) is 5.25. The van der Waals surface area contributed by atoms with Crippen LogP contribution in [-0.4, -0.2) is 47.1 Å². The van der Waals surface area contributed by atoms with Crippen LogP contribution in [0.25, 0.3) is 11.0 Å². The van der Waals surface area contributed by atoms with Crippen molar-refractivity contribution in [2.24, 2.45) is 0 Å². The molecule has 1 aromatic carbocycles. The molecule has 0 atom stereocenters. The lowest BCUT2D eigenvalue weighted by atomic mass is 9.90. The fourth-order valence-electron chi connectivity index (χ4n) is 3.80. The topological polar surface area (TPSA) is 67.5 Å². The second-order valence-corrected chi connectivity index (χ2v) is 6.97. The highest BCUT2D eigenvalue weighted by Gasteiger charge is 2.26. The van der Waals surface area contributed by atoms with Crippen LogP contribution in [0.15, 0.2) is 48.8 Å². The van der Waals surface area contributed by atoms with Crippen LogP contribution in [0.4, 0.5) is 0 Å². The largest absolute Gasteiger partial charge is 0.490 e. The van der Waals surface area contributed by atoms with Gasteiger partial charge in [-0.15, -0.1) is 0 Å². The average Bonchev–Trinajstić information content (AvgIpc) is 3.17. The van der Waals surface area contributed by atoms with E-state index in [-0.39, 0.29) is 12.5 Å². The van der Waals surface area contributed by atoms with E-state index in [2.05, 4.69) is 16.2 Å². The van der Waals surface area contributed by atoms with E-state index in [4.69, 9.17) is 9.47 Å². The van der Waals surface area contributed by atoms with Gasteiger partial charge in [0.1, 0.15) is 0 Å². The summed E-state index contributed by atoms with van der Waals surface area (Å²) in [5, 5.41) is 0. The molecule has 0 spiro atoms. The molecular weight excluding hydrogens is 354 g/mol. The van der Waals surface area contributed by atoms with Crippen LogP contribution in [0.3, 0.4) is 0 Å². The van der Waals surface area contributed by atoms with Gasteiger partial charge >= 0.3 is 0 Å². The van der Waals surface area contributed by atoms with Gasteiger partial charge in [0.2, 0.25) is 0 Å². The number of benzene rings is 1. The summed E-state index contributed by atoms with van der Waals surface area (Å²) in [6.07, 6.45) is 5.76. The van der Waals surface area contributed by atoms with Crippen molar-refractivity contribution in [3.8, 4) is 11.5 Å². The van der Waals surface area contributed by atoms with Crippen LogP contribution >= 0.6 is 0 Å². The number of nitrogens with zero attached hydrogens (tertiary/aromatic N) is 2. The number of carbonyl (C=O) groups is 1. The van der Waals surface area contributed by atoms with Crippen molar-refractivity contribution in [2.45, 2.75) is 25.7 Å². The summed E-state index contributed by atoms with van der Waals surface area (Å²) in [5.41, 5.74) is 3.37. The highest BCUT2D eigenvalue weighted by molar-refractivity contribution is 5.80. The third kappa shape index (κ3) is 3.81. The van der Waals surface area contributed by atoms with Gasteiger partial charge in [0.25, 0.3) is 5.91 Å². The maximum absolute atomic E-state index is 12.6. The average molecular weight is 379 g/mol. The fourth-order valence-corrected chi connectivity index (χ4v) is 3.80. The summed E-state index contributed by atoms with van der Waals surface area (Å²) >= 11 is 0. The highest BCUT2D eigenvalue weighted by Crippen LogP contribution is 2.32. The molecule has 1 aliphatic rings. The normalized spacial score (nSPS) is 15.0. The summed E-state index contributed by atoms with van der Waals surface area (Å²) < 4.78 is 11.3. The number of hydrogen-bond acceptors (Lipinski definition) is 4. The van der Waals surface area contributed by atoms with Gasteiger partial charge in [0.05, 0.1) is 17.6 Å². The molecule has 1 saturated heterocycles. The van der Waals surface area contributed by atoms with Gasteiger partial charge in [0.15, 0.2) is 18.1 Å². The van der Waals surface area contributed by atoms with Crippen molar-refractivity contribution in [3.63, 3.8) is 0 Å². The zero-order chi connectivity index (χ0) is 19.3. The molecule has 4 rings (SSSR count). The van der Waals surface area contributed by atoms with Gasteiger partial charge in [-0.3, -0.25) is 9.78 Å². The van der Waals surface area contributed by atoms with Gasteiger partial charge in [-0.05, 0) is 55.5 Å². The number of para-hydroxylation sites is 2. The number of piperidine rings is 1. The number of pyridine rings is 1. The fraction of sp³-hybridized carbons (Fsp3) is 0.364. The minimum atomic E-state index is 0.0156. The first-order chi connectivity index (χ1) is 13.8. The molecule has 6 heteroatoms. The van der Waals surface area contributed by atoms with Crippen molar-refractivity contribution < 1.29 is 14.3 Å². The van der Waals surface area contributed by atoms with Crippen LogP contribution < -0.4 is 9.47 Å². The lowest BCUT2D eigenvalue weighted by molar-refractivity contribution is -0.134. The summed E-state index contributed by atoms with van der Waals surface area (Å²) in [5.74, 6) is 1.72. The van der Waals surface area contributed by atoms with Gasteiger partial charge in [0, 0.05) is 25.5 Å². The first-order valence-electron chi connectivity index (χ1n) is 9.80. The molecule has 0 bridgehead atoms. The van der Waals surface area contributed by atoms with Crippen LogP contribution in [0.5, 0.6) is 11.5 Å². The maximum atomic E-state index is 12.6. The minimum absolute atomic E-state index is 0.0156. The Morgan fingerprint density at radius 1 is 1.14 bits per heavy atom. The number of carbonyl (C=O) groups excluding carboxylic acids is 1. The van der Waals surface area contributed by atoms with E-state index in [1.807, 2.05) is 54.4 Å². The first kappa shape index (κ1) is 18.3. The standard InChI is InChI=1S/C22H25N3O3/c1-2-27-19-7-3-4-8-20(19)28-15-21(26)25-12-9-16(10-13-25)17-14-24-18-6-5-11-23-22(17)18/h3-8,11,14,16,24H,2,9-10,12-13,15H2,1H3. The molecule has 1 amide bonds. The second-order valence-electron chi connectivity index (χ2n) is 6.97. The number of nitrogens with one attached hydrogen (secondary N) is 1. The van der Waals surface area contributed by atoms with E-state index >= 15 is 0 Å². The number of amides is 1. The lowest BCUT2D eigenvalue weighted by Gasteiger charge is -2.31. The number of hydrogen-bond donors (Lipinski definition) is 1. The first-order valence-corrected chi connectivity index (χ1v) is 9.80. The number of fused-ring (bicyclic) bond motifs is 1. The second kappa shape index (κ2) is 8.33. The van der Waals surface area contributed by atoms with E-state index in [1.165, 1.54) is 5.56 Å². The summed E-state index contributed by atoms with van der Waals surface area (Å²) in [6.45, 7) is 3.99. The van der Waals surface area contributed by atoms with Crippen molar-refractivity contribution in [1.82, 2.24) is 14.9 Å². The Balaban J connectivity index is 1.33. The van der Waals surface area contributed by atoms with E-state index in [0.717, 1.165) is 37.0 Å². The molecule has 28 heavy (non-hydrogen) atoms. The zero-order valence-corrected chi connectivity index (χ0v) is 16.1. The Morgan fingerprint density at radius 3 is 2.64 bits per heavy atom. The van der Waals surface area contributed by atoms with Crippen LogP contribution in [0, 0.1) is 0 Å². The molecular formula is C22H25N3O3. The van der Waals surface area contributed by atoms with E-state index in [1.54, 1.807) is 0 Å². The number of H-pyrrole nitrogens is 1. The molecule has 0 saturated carbocycles. The summed E-state index contributed by atoms with van der Waals surface area (Å²) in [7, 11) is 0. The van der Waals surface area contributed by atoms with E-state index < -0.39 is 0 Å². The predicted molar refractivity (Wildman–Crippen MR) is 108 cm³/mol. The minimum Gasteiger partial charge on any atom is -0.490 e. The maximum Gasteiger partial charge on any atom is 0.260 e. The van der Waals surface area contributed by atoms with Gasteiger partial charge in [-0.2, -0.15) is 0 Å². The number of rotatable bonds is 6. The smallest absolute Gasteiger partial charge is 0.260 e.